The van der Waals surface area contributed by atoms with Crippen LogP contribution in [0.5, 0.6) is 0 Å². The minimum atomic E-state index is -0.590. The second-order valence-electron chi connectivity index (χ2n) is 7.66. The van der Waals surface area contributed by atoms with Crippen molar-refractivity contribution in [1.29, 1.82) is 0 Å². The number of aromatic nitrogens is 1. The minimum absolute atomic E-state index is 0. The van der Waals surface area contributed by atoms with E-state index in [1.165, 1.54) is 4.70 Å². The van der Waals surface area contributed by atoms with Gasteiger partial charge in [-0.05, 0) is 36.1 Å². The fourth-order valence-electron chi connectivity index (χ4n) is 3.60. The number of anilines is 1. The van der Waals surface area contributed by atoms with Gasteiger partial charge in [-0.1, -0.05) is 24.3 Å². The number of nitrogens with zero attached hydrogens (tertiary/aromatic N) is 3. The molecular formula is C23H30IN5O2S. The molecule has 2 unspecified atom stereocenters. The first-order valence-electron chi connectivity index (χ1n) is 10.5. The van der Waals surface area contributed by atoms with E-state index in [0.717, 1.165) is 41.3 Å². The molecule has 2 aromatic heterocycles. The number of benzene rings is 1. The van der Waals surface area contributed by atoms with Crippen molar-refractivity contribution in [2.45, 2.75) is 25.7 Å². The third-order valence-electron chi connectivity index (χ3n) is 5.29. The van der Waals surface area contributed by atoms with Crippen LogP contribution in [-0.4, -0.2) is 55.4 Å². The Morgan fingerprint density at radius 3 is 2.88 bits per heavy atom. The molecule has 1 fully saturated rings. The molecule has 0 bridgehead atoms. The van der Waals surface area contributed by atoms with Gasteiger partial charge in [-0.25, -0.2) is 4.98 Å². The van der Waals surface area contributed by atoms with Gasteiger partial charge in [0.05, 0.1) is 12.7 Å². The highest BCUT2D eigenvalue weighted by molar-refractivity contribution is 14.0. The lowest BCUT2D eigenvalue weighted by Gasteiger charge is -2.32. The summed E-state index contributed by atoms with van der Waals surface area (Å²) in [5.74, 6) is 1.62. The summed E-state index contributed by atoms with van der Waals surface area (Å²) in [5, 5.41) is 18.2. The number of ether oxygens (including phenoxy) is 1. The molecule has 1 saturated heterocycles. The molecule has 1 aliphatic rings. The number of aliphatic hydroxyl groups is 1. The van der Waals surface area contributed by atoms with Gasteiger partial charge in [0.1, 0.15) is 11.9 Å². The zero-order valence-corrected chi connectivity index (χ0v) is 21.5. The normalized spacial score (nSPS) is 17.7. The molecule has 9 heteroatoms. The largest absolute Gasteiger partial charge is 0.386 e. The van der Waals surface area contributed by atoms with Gasteiger partial charge in [0, 0.05) is 49.0 Å². The van der Waals surface area contributed by atoms with Crippen LogP contribution in [0.4, 0.5) is 5.82 Å². The molecule has 0 spiro atoms. The Hall–Kier alpha value is -1.95. The summed E-state index contributed by atoms with van der Waals surface area (Å²) >= 11 is 1.62. The third-order valence-corrected chi connectivity index (χ3v) is 6.51. The maximum absolute atomic E-state index is 10.6. The number of rotatable bonds is 6. The molecule has 0 radical (unpaired) electrons. The number of morpholine rings is 1. The highest BCUT2D eigenvalue weighted by Crippen LogP contribution is 2.29. The maximum Gasteiger partial charge on any atom is 0.191 e. The summed E-state index contributed by atoms with van der Waals surface area (Å²) in [7, 11) is 1.72. The summed E-state index contributed by atoms with van der Waals surface area (Å²) in [5.41, 5.74) is 1.07. The van der Waals surface area contributed by atoms with Gasteiger partial charge in [0.2, 0.25) is 0 Å². The van der Waals surface area contributed by atoms with E-state index in [2.05, 4.69) is 56.7 Å². The summed E-state index contributed by atoms with van der Waals surface area (Å²) in [6.45, 7) is 5.55. The summed E-state index contributed by atoms with van der Waals surface area (Å²) < 4.78 is 6.78. The lowest BCUT2D eigenvalue weighted by Crippen LogP contribution is -2.41. The Balaban J connectivity index is 0.00000289. The van der Waals surface area contributed by atoms with Crippen LogP contribution in [0.1, 0.15) is 23.5 Å². The minimum Gasteiger partial charge on any atom is -0.386 e. The van der Waals surface area contributed by atoms with Gasteiger partial charge < -0.3 is 25.4 Å². The molecule has 0 amide bonds. The van der Waals surface area contributed by atoms with Crippen molar-refractivity contribution >= 4 is 57.2 Å². The third kappa shape index (κ3) is 6.31. The smallest absolute Gasteiger partial charge is 0.191 e. The lowest BCUT2D eigenvalue weighted by molar-refractivity contribution is 0.0529. The molecule has 1 aliphatic heterocycles. The number of thiophene rings is 1. The molecular weight excluding hydrogens is 537 g/mol. The molecule has 3 N–H and O–H groups in total. The van der Waals surface area contributed by atoms with E-state index in [-0.39, 0.29) is 30.1 Å². The van der Waals surface area contributed by atoms with Crippen molar-refractivity contribution in [3.63, 3.8) is 0 Å². The van der Waals surface area contributed by atoms with Crippen LogP contribution in [-0.2, 0) is 11.3 Å². The summed E-state index contributed by atoms with van der Waals surface area (Å²) in [4.78, 5) is 12.1. The number of hydrogen-bond acceptors (Lipinski definition) is 6. The number of aliphatic hydroxyl groups excluding tert-OH is 1. The van der Waals surface area contributed by atoms with E-state index >= 15 is 0 Å². The van der Waals surface area contributed by atoms with E-state index in [0.29, 0.717) is 19.0 Å². The van der Waals surface area contributed by atoms with Crippen LogP contribution >= 0.6 is 35.3 Å². The Labute approximate surface area is 209 Å². The van der Waals surface area contributed by atoms with Gasteiger partial charge in [0.25, 0.3) is 0 Å². The van der Waals surface area contributed by atoms with Crippen molar-refractivity contribution in [3.05, 3.63) is 59.1 Å². The number of halogens is 1. The van der Waals surface area contributed by atoms with E-state index < -0.39 is 6.10 Å². The SMILES string of the molecule is CN=C(NCc1ccc(N2CCOC(C)C2)nc1)NCC(O)c1cc2ccccc2s1.I. The van der Waals surface area contributed by atoms with E-state index in [9.17, 15) is 5.11 Å². The topological polar surface area (TPSA) is 82.0 Å². The fraction of sp³-hybridized carbons (Fsp3) is 0.391. The second-order valence-corrected chi connectivity index (χ2v) is 8.78. The number of guanidine groups is 1. The zero-order chi connectivity index (χ0) is 21.6. The van der Waals surface area contributed by atoms with E-state index in [1.54, 1.807) is 18.4 Å². The summed E-state index contributed by atoms with van der Waals surface area (Å²) in [6, 6.07) is 14.3. The van der Waals surface area contributed by atoms with Gasteiger partial charge >= 0.3 is 0 Å². The van der Waals surface area contributed by atoms with Gasteiger partial charge in [0.15, 0.2) is 5.96 Å². The quantitative estimate of drug-likeness (QED) is 0.240. The predicted molar refractivity (Wildman–Crippen MR) is 142 cm³/mol. The van der Waals surface area contributed by atoms with E-state index in [4.69, 9.17) is 4.74 Å². The van der Waals surface area contributed by atoms with Gasteiger partial charge in [-0.2, -0.15) is 0 Å². The van der Waals surface area contributed by atoms with Crippen molar-refractivity contribution in [1.82, 2.24) is 15.6 Å². The molecule has 0 saturated carbocycles. The van der Waals surface area contributed by atoms with Crippen LogP contribution in [0.3, 0.4) is 0 Å². The number of aliphatic imine (C=N–C) groups is 1. The second kappa shape index (κ2) is 11.8. The molecule has 1 aromatic carbocycles. The van der Waals surface area contributed by atoms with Crippen molar-refractivity contribution < 1.29 is 9.84 Å². The first-order chi connectivity index (χ1) is 15.1. The molecule has 172 valence electrons. The van der Waals surface area contributed by atoms with Crippen LogP contribution in [0.25, 0.3) is 10.1 Å². The fourth-order valence-corrected chi connectivity index (χ4v) is 4.65. The lowest BCUT2D eigenvalue weighted by atomic mass is 10.2. The van der Waals surface area contributed by atoms with Gasteiger partial charge in [-0.15, -0.1) is 35.3 Å². The number of nitrogens with one attached hydrogen (secondary N) is 2. The highest BCUT2D eigenvalue weighted by Gasteiger charge is 2.17. The monoisotopic (exact) mass is 567 g/mol. The Morgan fingerprint density at radius 2 is 2.16 bits per heavy atom. The molecule has 0 aliphatic carbocycles. The zero-order valence-electron chi connectivity index (χ0n) is 18.3. The molecule has 7 nitrogen and oxygen atoms in total. The number of fused-ring (bicyclic) bond motifs is 1. The standard InChI is InChI=1S/C23H29N5O2S.HI/c1-16-15-28(9-10-30-16)22-8-7-17(12-25-22)13-26-23(24-2)27-14-19(29)21-11-18-5-3-4-6-20(18)31-21;/h3-8,11-12,16,19,29H,9-10,13-15H2,1-2H3,(H2,24,26,27);1H. The average Bonchev–Trinajstić information content (AvgIpc) is 3.24. The maximum atomic E-state index is 10.6. The predicted octanol–water partition coefficient (Wildman–Crippen LogP) is 3.54. The molecule has 32 heavy (non-hydrogen) atoms. The average molecular weight is 567 g/mol. The molecule has 3 heterocycles. The Bertz CT molecular complexity index is 994. The molecule has 2 atom stereocenters. The van der Waals surface area contributed by atoms with Crippen molar-refractivity contribution in [3.8, 4) is 0 Å². The molecule has 4 rings (SSSR count). The van der Waals surface area contributed by atoms with Crippen LogP contribution in [0.15, 0.2) is 53.7 Å². The Kier molecular flexibility index (Phi) is 9.09. The summed E-state index contributed by atoms with van der Waals surface area (Å²) in [6.07, 6.45) is 1.53. The van der Waals surface area contributed by atoms with Crippen LogP contribution in [0.2, 0.25) is 0 Å². The highest BCUT2D eigenvalue weighted by atomic mass is 127. The van der Waals surface area contributed by atoms with Crippen LogP contribution < -0.4 is 15.5 Å². The molecule has 3 aromatic rings. The first kappa shape index (κ1) is 24.7. The Morgan fingerprint density at radius 1 is 1.31 bits per heavy atom. The number of hydrogen-bond donors (Lipinski definition) is 3. The van der Waals surface area contributed by atoms with Gasteiger partial charge in [-0.3, -0.25) is 4.99 Å². The van der Waals surface area contributed by atoms with Crippen molar-refractivity contribution in [2.75, 3.05) is 38.2 Å². The van der Waals surface area contributed by atoms with Crippen LogP contribution in [0, 0.1) is 0 Å². The van der Waals surface area contributed by atoms with Crippen molar-refractivity contribution in [2.24, 2.45) is 4.99 Å². The first-order valence-corrected chi connectivity index (χ1v) is 11.4. The van der Waals surface area contributed by atoms with E-state index in [1.807, 2.05) is 24.4 Å². The number of pyridine rings is 1.